The molecule has 150 valence electrons. The van der Waals surface area contributed by atoms with E-state index in [2.05, 4.69) is 23.5 Å². The van der Waals surface area contributed by atoms with Crippen LogP contribution in [-0.4, -0.2) is 22.7 Å². The Labute approximate surface area is 174 Å². The van der Waals surface area contributed by atoms with Crippen molar-refractivity contribution in [1.82, 2.24) is 10.3 Å². The minimum Gasteiger partial charge on any atom is -0.493 e. The zero-order valence-corrected chi connectivity index (χ0v) is 17.0. The molecular weight excluding hydrogens is 384 g/mol. The highest BCUT2D eigenvalue weighted by atomic mass is 32.2. The number of amides is 2. The van der Waals surface area contributed by atoms with Crippen LogP contribution in [0.2, 0.25) is 0 Å². The molecule has 6 heteroatoms. The number of carbonyl (C=O) groups excluding carboxylic acids is 2. The number of nitrogens with one attached hydrogen (secondary N) is 1. The average Bonchev–Trinajstić information content (AvgIpc) is 3.07. The van der Waals surface area contributed by atoms with Crippen LogP contribution >= 0.6 is 11.8 Å². The van der Waals surface area contributed by atoms with Crippen molar-refractivity contribution >= 4 is 29.0 Å². The van der Waals surface area contributed by atoms with Gasteiger partial charge in [0.15, 0.2) is 0 Å². The summed E-state index contributed by atoms with van der Waals surface area (Å²) in [5, 5.41) is 1.92. The fourth-order valence-corrected chi connectivity index (χ4v) is 4.45. The molecule has 1 aliphatic carbocycles. The van der Waals surface area contributed by atoms with Crippen LogP contribution in [0.3, 0.4) is 0 Å². The second-order valence-electron chi connectivity index (χ2n) is 7.41. The number of pyridine rings is 1. The SMILES string of the molecule is O=C1NC(=O)C(=Cc2ccc(OCCc3cccc(C4CCCCC4)n3)cc2)S1. The van der Waals surface area contributed by atoms with Crippen molar-refractivity contribution in [2.75, 3.05) is 6.61 Å². The highest BCUT2D eigenvalue weighted by molar-refractivity contribution is 8.18. The molecule has 1 N–H and O–H groups in total. The topological polar surface area (TPSA) is 68.3 Å². The third-order valence-electron chi connectivity index (χ3n) is 5.30. The Bertz CT molecular complexity index is 918. The van der Waals surface area contributed by atoms with Crippen molar-refractivity contribution in [3.8, 4) is 5.75 Å². The summed E-state index contributed by atoms with van der Waals surface area (Å²) in [6.45, 7) is 0.564. The van der Waals surface area contributed by atoms with E-state index in [1.54, 1.807) is 6.08 Å². The van der Waals surface area contributed by atoms with Crippen LogP contribution in [0, 0.1) is 0 Å². The molecule has 2 amide bonds. The molecule has 2 aliphatic rings. The van der Waals surface area contributed by atoms with Gasteiger partial charge in [0.25, 0.3) is 11.1 Å². The second-order valence-corrected chi connectivity index (χ2v) is 8.42. The molecule has 5 nitrogen and oxygen atoms in total. The summed E-state index contributed by atoms with van der Waals surface area (Å²) < 4.78 is 5.86. The molecule has 2 heterocycles. The van der Waals surface area contributed by atoms with Crippen LogP contribution in [0.4, 0.5) is 4.79 Å². The Morgan fingerprint density at radius 2 is 1.86 bits per heavy atom. The van der Waals surface area contributed by atoms with E-state index in [0.717, 1.165) is 35.2 Å². The summed E-state index contributed by atoms with van der Waals surface area (Å²) >= 11 is 0.919. The number of thioether (sulfide) groups is 1. The van der Waals surface area contributed by atoms with E-state index in [1.807, 2.05) is 24.3 Å². The van der Waals surface area contributed by atoms with Crippen LogP contribution in [0.1, 0.15) is 55.0 Å². The maximum atomic E-state index is 11.6. The van der Waals surface area contributed by atoms with Gasteiger partial charge in [0, 0.05) is 23.7 Å². The smallest absolute Gasteiger partial charge is 0.290 e. The number of hydrogen-bond donors (Lipinski definition) is 1. The van der Waals surface area contributed by atoms with Gasteiger partial charge in [-0.3, -0.25) is 19.9 Å². The van der Waals surface area contributed by atoms with Gasteiger partial charge in [0.05, 0.1) is 11.5 Å². The fraction of sp³-hybridized carbons (Fsp3) is 0.348. The molecule has 1 aromatic carbocycles. The lowest BCUT2D eigenvalue weighted by molar-refractivity contribution is -0.115. The molecule has 29 heavy (non-hydrogen) atoms. The van der Waals surface area contributed by atoms with Gasteiger partial charge in [0.2, 0.25) is 0 Å². The van der Waals surface area contributed by atoms with Crippen LogP contribution < -0.4 is 10.1 Å². The van der Waals surface area contributed by atoms with Gasteiger partial charge in [-0.2, -0.15) is 0 Å². The second kappa shape index (κ2) is 9.27. The van der Waals surface area contributed by atoms with Crippen molar-refractivity contribution < 1.29 is 14.3 Å². The lowest BCUT2D eigenvalue weighted by Crippen LogP contribution is -2.17. The highest BCUT2D eigenvalue weighted by Crippen LogP contribution is 2.31. The van der Waals surface area contributed by atoms with E-state index in [-0.39, 0.29) is 11.1 Å². The van der Waals surface area contributed by atoms with Crippen LogP contribution in [0.5, 0.6) is 5.75 Å². The van der Waals surface area contributed by atoms with E-state index in [1.165, 1.54) is 37.8 Å². The minimum absolute atomic E-state index is 0.331. The number of benzene rings is 1. The minimum atomic E-state index is -0.344. The van der Waals surface area contributed by atoms with Crippen LogP contribution in [-0.2, 0) is 11.2 Å². The molecule has 4 rings (SSSR count). The Morgan fingerprint density at radius 3 is 2.59 bits per heavy atom. The van der Waals surface area contributed by atoms with Crippen LogP contribution in [0.15, 0.2) is 47.4 Å². The molecule has 0 atom stereocenters. The molecule has 1 aromatic heterocycles. The highest BCUT2D eigenvalue weighted by Gasteiger charge is 2.24. The summed E-state index contributed by atoms with van der Waals surface area (Å²) in [4.78, 5) is 28.1. The van der Waals surface area contributed by atoms with Crippen molar-refractivity contribution in [3.05, 3.63) is 64.3 Å². The Morgan fingerprint density at radius 1 is 1.07 bits per heavy atom. The average molecular weight is 409 g/mol. The Balaban J connectivity index is 1.30. The molecule has 1 saturated carbocycles. The van der Waals surface area contributed by atoms with Gasteiger partial charge in [-0.05, 0) is 60.5 Å². The molecule has 2 fully saturated rings. The predicted octanol–water partition coefficient (Wildman–Crippen LogP) is 5.07. The first-order valence-electron chi connectivity index (χ1n) is 10.1. The van der Waals surface area contributed by atoms with Gasteiger partial charge in [-0.15, -0.1) is 0 Å². The number of rotatable bonds is 6. The number of hydrogen-bond acceptors (Lipinski definition) is 5. The number of ether oxygens (including phenoxy) is 1. The standard InChI is InChI=1S/C23H24N2O3S/c26-22-21(29-23(27)25-22)15-16-9-11-19(12-10-16)28-14-13-18-7-4-8-20(24-18)17-5-2-1-3-6-17/h4,7-12,15,17H,1-3,5-6,13-14H2,(H,25,26,27). The lowest BCUT2D eigenvalue weighted by atomic mass is 9.86. The van der Waals surface area contributed by atoms with Gasteiger partial charge >= 0.3 is 0 Å². The van der Waals surface area contributed by atoms with E-state index in [0.29, 0.717) is 17.4 Å². The Kier molecular flexibility index (Phi) is 6.30. The molecule has 0 radical (unpaired) electrons. The van der Waals surface area contributed by atoms with Crippen molar-refractivity contribution in [2.45, 2.75) is 44.4 Å². The third kappa shape index (κ3) is 5.26. The van der Waals surface area contributed by atoms with Gasteiger partial charge in [0.1, 0.15) is 5.75 Å². The van der Waals surface area contributed by atoms with E-state index in [9.17, 15) is 9.59 Å². The first-order valence-corrected chi connectivity index (χ1v) is 10.9. The molecule has 0 bridgehead atoms. The number of aromatic nitrogens is 1. The summed E-state index contributed by atoms with van der Waals surface area (Å²) in [5.74, 6) is 1.04. The van der Waals surface area contributed by atoms with Crippen molar-refractivity contribution in [3.63, 3.8) is 0 Å². The zero-order valence-electron chi connectivity index (χ0n) is 16.2. The summed E-state index contributed by atoms with van der Waals surface area (Å²) in [7, 11) is 0. The maximum absolute atomic E-state index is 11.6. The van der Waals surface area contributed by atoms with Crippen LogP contribution in [0.25, 0.3) is 6.08 Å². The molecule has 1 saturated heterocycles. The van der Waals surface area contributed by atoms with E-state index >= 15 is 0 Å². The summed E-state index contributed by atoms with van der Waals surface area (Å²) in [6, 6.07) is 13.8. The maximum Gasteiger partial charge on any atom is 0.290 e. The third-order valence-corrected chi connectivity index (χ3v) is 6.11. The summed E-state index contributed by atoms with van der Waals surface area (Å²) in [5.41, 5.74) is 3.15. The number of imide groups is 1. The van der Waals surface area contributed by atoms with E-state index in [4.69, 9.17) is 9.72 Å². The fourth-order valence-electron chi connectivity index (χ4n) is 3.77. The zero-order chi connectivity index (χ0) is 20.1. The molecule has 1 aliphatic heterocycles. The van der Waals surface area contributed by atoms with Gasteiger partial charge in [-0.25, -0.2) is 0 Å². The Hall–Kier alpha value is -2.60. The predicted molar refractivity (Wildman–Crippen MR) is 115 cm³/mol. The lowest BCUT2D eigenvalue weighted by Gasteiger charge is -2.21. The molecule has 0 unspecified atom stereocenters. The van der Waals surface area contributed by atoms with Crippen molar-refractivity contribution in [2.24, 2.45) is 0 Å². The number of carbonyl (C=O) groups is 2. The largest absolute Gasteiger partial charge is 0.493 e. The monoisotopic (exact) mass is 408 g/mol. The van der Waals surface area contributed by atoms with E-state index < -0.39 is 0 Å². The summed E-state index contributed by atoms with van der Waals surface area (Å²) in [6.07, 6.45) is 8.95. The van der Waals surface area contributed by atoms with Crippen molar-refractivity contribution in [1.29, 1.82) is 0 Å². The quantitative estimate of drug-likeness (QED) is 0.676. The number of nitrogens with zero attached hydrogens (tertiary/aromatic N) is 1. The normalized spacial score (nSPS) is 18.8. The van der Waals surface area contributed by atoms with Gasteiger partial charge in [-0.1, -0.05) is 37.5 Å². The first kappa shape index (κ1) is 19.7. The molecule has 0 spiro atoms. The van der Waals surface area contributed by atoms with Gasteiger partial charge < -0.3 is 4.74 Å². The molecule has 2 aromatic rings. The first-order chi connectivity index (χ1) is 14.2. The molecular formula is C23H24N2O3S.